The average Bonchev–Trinajstić information content (AvgIpc) is 2.93. The summed E-state index contributed by atoms with van der Waals surface area (Å²) in [5.74, 6) is 0.621. The van der Waals surface area contributed by atoms with Gasteiger partial charge in [-0.1, -0.05) is 39.2 Å². The summed E-state index contributed by atoms with van der Waals surface area (Å²) in [7, 11) is 0. The van der Waals surface area contributed by atoms with E-state index in [0.717, 1.165) is 12.8 Å². The monoisotopic (exact) mass is 294 g/mol. The Hall–Kier alpha value is -0.870. The Labute approximate surface area is 126 Å². The molecule has 112 valence electrons. The lowest BCUT2D eigenvalue weighted by molar-refractivity contribution is -0.121. The van der Waals surface area contributed by atoms with Crippen LogP contribution in [-0.2, 0) is 4.79 Å². The highest BCUT2D eigenvalue weighted by atomic mass is 32.1. The van der Waals surface area contributed by atoms with Gasteiger partial charge in [0.1, 0.15) is 0 Å². The quantitative estimate of drug-likeness (QED) is 0.843. The lowest BCUT2D eigenvalue weighted by atomic mass is 9.95. The molecule has 1 unspecified atom stereocenters. The molecular weight excluding hydrogens is 268 g/mol. The standard InChI is InChI=1S/C16H26N2OS/c1-12(2)16(14-9-6-10-20-14)17-11-15(19)18-13-7-4-3-5-8-13/h6,9-10,12-13,16-17H,3-5,7-8,11H2,1-2H3,(H,18,19). The van der Waals surface area contributed by atoms with Crippen LogP contribution in [0.5, 0.6) is 0 Å². The summed E-state index contributed by atoms with van der Waals surface area (Å²) < 4.78 is 0. The molecule has 1 aliphatic rings. The molecule has 1 aromatic rings. The maximum Gasteiger partial charge on any atom is 0.234 e. The average molecular weight is 294 g/mol. The number of amides is 1. The van der Waals surface area contributed by atoms with E-state index in [1.165, 1.54) is 24.1 Å². The second-order valence-corrected chi connectivity index (χ2v) is 7.00. The summed E-state index contributed by atoms with van der Waals surface area (Å²) in [5.41, 5.74) is 0. The minimum absolute atomic E-state index is 0.138. The van der Waals surface area contributed by atoms with Crippen LogP contribution in [0.3, 0.4) is 0 Å². The fourth-order valence-corrected chi connectivity index (χ4v) is 3.83. The molecule has 1 aromatic heterocycles. The highest BCUT2D eigenvalue weighted by Gasteiger charge is 2.19. The molecule has 3 nitrogen and oxygen atoms in total. The number of carbonyl (C=O) groups excluding carboxylic acids is 1. The zero-order valence-electron chi connectivity index (χ0n) is 12.5. The van der Waals surface area contributed by atoms with Crippen LogP contribution in [0.4, 0.5) is 0 Å². The van der Waals surface area contributed by atoms with Crippen molar-refractivity contribution in [2.45, 2.75) is 58.0 Å². The first-order chi connectivity index (χ1) is 9.66. The van der Waals surface area contributed by atoms with Gasteiger partial charge in [-0.15, -0.1) is 11.3 Å². The molecule has 1 atom stereocenters. The SMILES string of the molecule is CC(C)C(NCC(=O)NC1CCCCC1)c1cccs1. The zero-order valence-corrected chi connectivity index (χ0v) is 13.3. The third-order valence-electron chi connectivity index (χ3n) is 3.97. The summed E-state index contributed by atoms with van der Waals surface area (Å²) in [6, 6.07) is 4.88. The lowest BCUT2D eigenvalue weighted by Gasteiger charge is -2.24. The molecule has 0 aromatic carbocycles. The number of hydrogen-bond donors (Lipinski definition) is 2. The van der Waals surface area contributed by atoms with Crippen LogP contribution in [0, 0.1) is 5.92 Å². The van der Waals surface area contributed by atoms with Gasteiger partial charge in [0.05, 0.1) is 6.54 Å². The minimum atomic E-state index is 0.138. The van der Waals surface area contributed by atoms with Crippen molar-refractivity contribution in [2.75, 3.05) is 6.54 Å². The van der Waals surface area contributed by atoms with Gasteiger partial charge in [0.15, 0.2) is 0 Å². The molecule has 0 spiro atoms. The molecule has 1 saturated carbocycles. The molecule has 0 saturated heterocycles. The number of carbonyl (C=O) groups is 1. The van der Waals surface area contributed by atoms with Crippen molar-refractivity contribution in [3.05, 3.63) is 22.4 Å². The van der Waals surface area contributed by atoms with Crippen molar-refractivity contribution in [2.24, 2.45) is 5.92 Å². The highest BCUT2D eigenvalue weighted by molar-refractivity contribution is 7.10. The second-order valence-electron chi connectivity index (χ2n) is 6.02. The van der Waals surface area contributed by atoms with E-state index < -0.39 is 0 Å². The number of hydrogen-bond acceptors (Lipinski definition) is 3. The Morgan fingerprint density at radius 2 is 2.10 bits per heavy atom. The van der Waals surface area contributed by atoms with Crippen molar-refractivity contribution in [3.8, 4) is 0 Å². The van der Waals surface area contributed by atoms with Crippen LogP contribution in [0.1, 0.15) is 56.9 Å². The molecule has 1 fully saturated rings. The van der Waals surface area contributed by atoms with Crippen LogP contribution >= 0.6 is 11.3 Å². The first-order valence-electron chi connectivity index (χ1n) is 7.73. The van der Waals surface area contributed by atoms with Crippen molar-refractivity contribution in [1.82, 2.24) is 10.6 Å². The van der Waals surface area contributed by atoms with Crippen LogP contribution in [0.15, 0.2) is 17.5 Å². The minimum Gasteiger partial charge on any atom is -0.352 e. The lowest BCUT2D eigenvalue weighted by Crippen LogP contribution is -2.42. The van der Waals surface area contributed by atoms with Gasteiger partial charge < -0.3 is 10.6 Å². The predicted molar refractivity (Wildman–Crippen MR) is 84.9 cm³/mol. The normalized spacial score (nSPS) is 18.1. The topological polar surface area (TPSA) is 41.1 Å². The van der Waals surface area contributed by atoms with Crippen LogP contribution in [0.2, 0.25) is 0 Å². The molecule has 0 radical (unpaired) electrons. The number of nitrogens with one attached hydrogen (secondary N) is 2. The van der Waals surface area contributed by atoms with Crippen molar-refractivity contribution in [3.63, 3.8) is 0 Å². The predicted octanol–water partition coefficient (Wildman–Crippen LogP) is 3.48. The Kier molecular flexibility index (Phi) is 6.05. The third kappa shape index (κ3) is 4.60. The Morgan fingerprint density at radius 1 is 1.35 bits per heavy atom. The Morgan fingerprint density at radius 3 is 2.70 bits per heavy atom. The van der Waals surface area contributed by atoms with Crippen molar-refractivity contribution >= 4 is 17.2 Å². The molecule has 2 rings (SSSR count). The van der Waals surface area contributed by atoms with Gasteiger partial charge in [0.25, 0.3) is 0 Å². The van der Waals surface area contributed by atoms with Gasteiger partial charge in [0.2, 0.25) is 5.91 Å². The smallest absolute Gasteiger partial charge is 0.234 e. The maximum atomic E-state index is 12.0. The maximum absolute atomic E-state index is 12.0. The summed E-state index contributed by atoms with van der Waals surface area (Å²) in [6.07, 6.45) is 6.11. The van der Waals surface area contributed by atoms with Gasteiger partial charge in [-0.05, 0) is 30.2 Å². The van der Waals surface area contributed by atoms with Crippen LogP contribution in [-0.4, -0.2) is 18.5 Å². The summed E-state index contributed by atoms with van der Waals surface area (Å²) in [6.45, 7) is 4.80. The number of rotatable bonds is 6. The first kappa shape index (κ1) is 15.5. The van der Waals surface area contributed by atoms with Crippen molar-refractivity contribution < 1.29 is 4.79 Å². The Bertz CT molecular complexity index is 397. The molecular formula is C16H26N2OS. The molecule has 0 aliphatic heterocycles. The van der Waals surface area contributed by atoms with E-state index in [1.807, 2.05) is 0 Å². The van der Waals surface area contributed by atoms with Gasteiger partial charge in [-0.2, -0.15) is 0 Å². The van der Waals surface area contributed by atoms with Gasteiger partial charge in [-0.3, -0.25) is 4.79 Å². The molecule has 4 heteroatoms. The van der Waals surface area contributed by atoms with E-state index in [-0.39, 0.29) is 11.9 Å². The molecule has 1 heterocycles. The molecule has 1 amide bonds. The Balaban J connectivity index is 1.78. The van der Waals surface area contributed by atoms with E-state index in [1.54, 1.807) is 11.3 Å². The van der Waals surface area contributed by atoms with Crippen LogP contribution in [0.25, 0.3) is 0 Å². The molecule has 20 heavy (non-hydrogen) atoms. The van der Waals surface area contributed by atoms with E-state index in [2.05, 4.69) is 42.0 Å². The van der Waals surface area contributed by atoms with E-state index in [0.29, 0.717) is 18.5 Å². The van der Waals surface area contributed by atoms with Gasteiger partial charge >= 0.3 is 0 Å². The highest BCUT2D eigenvalue weighted by Crippen LogP contribution is 2.25. The summed E-state index contributed by atoms with van der Waals surface area (Å²) >= 11 is 1.75. The van der Waals surface area contributed by atoms with Gasteiger partial charge in [0, 0.05) is 17.0 Å². The van der Waals surface area contributed by atoms with Crippen molar-refractivity contribution in [1.29, 1.82) is 0 Å². The van der Waals surface area contributed by atoms with E-state index in [4.69, 9.17) is 0 Å². The fraction of sp³-hybridized carbons (Fsp3) is 0.688. The molecule has 2 N–H and O–H groups in total. The first-order valence-corrected chi connectivity index (χ1v) is 8.61. The zero-order chi connectivity index (χ0) is 14.4. The summed E-state index contributed by atoms with van der Waals surface area (Å²) in [5, 5.41) is 8.66. The fourth-order valence-electron chi connectivity index (χ4n) is 2.86. The molecule has 1 aliphatic carbocycles. The third-order valence-corrected chi connectivity index (χ3v) is 4.92. The van der Waals surface area contributed by atoms with Crippen LogP contribution < -0.4 is 10.6 Å². The second kappa shape index (κ2) is 7.79. The summed E-state index contributed by atoms with van der Waals surface area (Å²) in [4.78, 5) is 13.3. The van der Waals surface area contributed by atoms with E-state index >= 15 is 0 Å². The van der Waals surface area contributed by atoms with Gasteiger partial charge in [-0.25, -0.2) is 0 Å². The number of thiophene rings is 1. The van der Waals surface area contributed by atoms with E-state index in [9.17, 15) is 4.79 Å². The largest absolute Gasteiger partial charge is 0.352 e. The molecule has 0 bridgehead atoms.